The summed E-state index contributed by atoms with van der Waals surface area (Å²) in [6.07, 6.45) is 1.05. The first-order valence-corrected chi connectivity index (χ1v) is 10.2. The van der Waals surface area contributed by atoms with Crippen molar-refractivity contribution in [1.82, 2.24) is 0 Å². The fourth-order valence-corrected chi connectivity index (χ4v) is 2.73. The second-order valence-corrected chi connectivity index (χ2v) is 6.67. The van der Waals surface area contributed by atoms with Crippen LogP contribution in [0.15, 0.2) is 60.7 Å². The Balaban J connectivity index is -0.000000531. The largest absolute Gasteiger partial charge is 1.00 e. The van der Waals surface area contributed by atoms with Crippen molar-refractivity contribution in [2.24, 2.45) is 11.8 Å². The molecule has 0 radical (unpaired) electrons. The molecule has 0 saturated carbocycles. The van der Waals surface area contributed by atoms with E-state index in [1.807, 2.05) is 60.7 Å². The third-order valence-electron chi connectivity index (χ3n) is 4.31. The minimum absolute atomic E-state index is 0. The molecular weight excluding hydrogens is 418 g/mol. The molecule has 0 amide bonds. The average Bonchev–Trinajstić information content (AvgIpc) is 2.78. The number of ether oxygens (including phenoxy) is 2. The summed E-state index contributed by atoms with van der Waals surface area (Å²) in [5.74, 6) is -1.96. The van der Waals surface area contributed by atoms with Crippen molar-refractivity contribution in [1.29, 1.82) is 0 Å². The third kappa shape index (κ3) is 13.1. The zero-order valence-corrected chi connectivity index (χ0v) is 18.7. The van der Waals surface area contributed by atoms with Gasteiger partial charge in [-0.05, 0) is 37.8 Å². The number of hydrogen-bond acceptors (Lipinski definition) is 6. The van der Waals surface area contributed by atoms with Gasteiger partial charge in [0.05, 0.1) is 13.2 Å². The van der Waals surface area contributed by atoms with Crippen LogP contribution in [0.25, 0.3) is 0 Å². The first-order chi connectivity index (χ1) is 14.5. The van der Waals surface area contributed by atoms with E-state index in [1.54, 1.807) is 13.8 Å². The molecule has 2 N–H and O–H groups in total. The van der Waals surface area contributed by atoms with Crippen molar-refractivity contribution < 1.29 is 49.6 Å². The Morgan fingerprint density at radius 2 is 1.16 bits per heavy atom. The average molecular weight is 454 g/mol. The molecule has 172 valence electrons. The normalized spacial score (nSPS) is 9.69. The molecule has 0 aliphatic rings. The molecule has 0 bridgehead atoms. The standard InChI is InChI=1S/C14H18O4.C10H14O2.Al.Li.4H/c1-3-17-13(15)12(14(16)18-4-2)10-11-8-6-5-7-9-11;11-7-10(8-12)6-9-4-2-1-3-5-9;;;;;;/h5-9,12H,3-4,10H2,1-2H3;1-5,10-12H,6-8H2;;;;;;/q;;;+1;;;;-1. The summed E-state index contributed by atoms with van der Waals surface area (Å²) in [6.45, 7) is 4.02. The number of carbonyl (C=O) groups is 2. The van der Waals surface area contributed by atoms with Crippen molar-refractivity contribution >= 4 is 29.3 Å². The third-order valence-corrected chi connectivity index (χ3v) is 4.31. The van der Waals surface area contributed by atoms with Crippen LogP contribution < -0.4 is 18.9 Å². The Morgan fingerprint density at radius 1 is 0.781 bits per heavy atom. The predicted octanol–water partition coefficient (Wildman–Crippen LogP) is -1.27. The molecule has 0 unspecified atom stereocenters. The van der Waals surface area contributed by atoms with Crippen LogP contribution in [-0.4, -0.2) is 65.9 Å². The van der Waals surface area contributed by atoms with E-state index in [1.165, 1.54) is 0 Å². The fourth-order valence-electron chi connectivity index (χ4n) is 2.73. The molecular formula is C24H36AlLiO6. The quantitative estimate of drug-likeness (QED) is 0.264. The molecule has 6 nitrogen and oxygen atoms in total. The minimum atomic E-state index is -0.882. The summed E-state index contributed by atoms with van der Waals surface area (Å²) >= 11 is 0. The van der Waals surface area contributed by atoms with Gasteiger partial charge in [0, 0.05) is 19.1 Å². The Kier molecular flexibility index (Phi) is 20.4. The van der Waals surface area contributed by atoms with Gasteiger partial charge in [-0.3, -0.25) is 9.59 Å². The first kappa shape index (κ1) is 32.6. The minimum Gasteiger partial charge on any atom is -1.00 e. The molecule has 32 heavy (non-hydrogen) atoms. The molecule has 0 heterocycles. The zero-order chi connectivity index (χ0) is 22.2. The van der Waals surface area contributed by atoms with E-state index in [4.69, 9.17) is 19.7 Å². The van der Waals surface area contributed by atoms with Gasteiger partial charge >= 0.3 is 30.8 Å². The summed E-state index contributed by atoms with van der Waals surface area (Å²) in [5, 5.41) is 17.7. The fraction of sp³-hybridized carbons (Fsp3) is 0.417. The van der Waals surface area contributed by atoms with Gasteiger partial charge in [-0.25, -0.2) is 0 Å². The molecule has 2 aromatic rings. The number of aliphatic hydroxyl groups excluding tert-OH is 2. The SMILES string of the molecule is CCOC(=O)C(Cc1ccccc1)C(=O)OCC.OCC(CO)Cc1ccccc1.[AlH3].[H-].[Li+]. The first-order valence-electron chi connectivity index (χ1n) is 10.2. The van der Waals surface area contributed by atoms with Crippen molar-refractivity contribution in [2.75, 3.05) is 26.4 Å². The van der Waals surface area contributed by atoms with Crippen LogP contribution >= 0.6 is 0 Å². The number of carbonyl (C=O) groups excluding carboxylic acids is 2. The summed E-state index contributed by atoms with van der Waals surface area (Å²) in [4.78, 5) is 23.5. The number of aliphatic hydroxyl groups is 2. The van der Waals surface area contributed by atoms with Gasteiger partial charge in [0.25, 0.3) is 0 Å². The molecule has 0 aliphatic heterocycles. The van der Waals surface area contributed by atoms with E-state index in [9.17, 15) is 9.59 Å². The zero-order valence-electron chi connectivity index (χ0n) is 19.7. The van der Waals surface area contributed by atoms with Crippen molar-refractivity contribution in [3.8, 4) is 0 Å². The second kappa shape index (κ2) is 20.1. The van der Waals surface area contributed by atoms with Crippen LogP contribution in [0.4, 0.5) is 0 Å². The van der Waals surface area contributed by atoms with Gasteiger partial charge in [-0.15, -0.1) is 0 Å². The summed E-state index contributed by atoms with van der Waals surface area (Å²) < 4.78 is 9.81. The molecule has 0 saturated heterocycles. The van der Waals surface area contributed by atoms with Gasteiger partial charge in [-0.2, -0.15) is 0 Å². The van der Waals surface area contributed by atoms with E-state index in [0.29, 0.717) is 6.42 Å². The summed E-state index contributed by atoms with van der Waals surface area (Å²) in [5.41, 5.74) is 2.06. The van der Waals surface area contributed by atoms with Gasteiger partial charge in [-0.1, -0.05) is 60.7 Å². The molecule has 0 spiro atoms. The Hall–Kier alpha value is -1.57. The molecule has 2 aromatic carbocycles. The summed E-state index contributed by atoms with van der Waals surface area (Å²) in [7, 11) is 0. The van der Waals surface area contributed by atoms with Crippen LogP contribution in [0.2, 0.25) is 0 Å². The second-order valence-electron chi connectivity index (χ2n) is 6.67. The molecule has 0 aromatic heterocycles. The van der Waals surface area contributed by atoms with E-state index < -0.39 is 17.9 Å². The smallest absolute Gasteiger partial charge is 1.00 e. The molecule has 0 atom stereocenters. The van der Waals surface area contributed by atoms with Crippen LogP contribution in [0, 0.1) is 11.8 Å². The van der Waals surface area contributed by atoms with Gasteiger partial charge in [0.2, 0.25) is 0 Å². The van der Waals surface area contributed by atoms with Crippen molar-refractivity contribution in [2.45, 2.75) is 26.7 Å². The Morgan fingerprint density at radius 3 is 1.50 bits per heavy atom. The van der Waals surface area contributed by atoms with E-state index in [-0.39, 0.29) is 70.0 Å². The Bertz CT molecular complexity index is 714. The maximum absolute atomic E-state index is 11.7. The maximum atomic E-state index is 11.7. The molecule has 8 heteroatoms. The van der Waals surface area contributed by atoms with Gasteiger partial charge in [0.15, 0.2) is 23.3 Å². The van der Waals surface area contributed by atoms with Crippen LogP contribution in [0.3, 0.4) is 0 Å². The number of benzene rings is 2. The molecule has 0 aliphatic carbocycles. The molecule has 0 fully saturated rings. The Labute approximate surface area is 215 Å². The number of hydrogen-bond donors (Lipinski definition) is 2. The summed E-state index contributed by atoms with van der Waals surface area (Å²) in [6, 6.07) is 19.2. The van der Waals surface area contributed by atoms with E-state index in [0.717, 1.165) is 17.5 Å². The monoisotopic (exact) mass is 454 g/mol. The van der Waals surface area contributed by atoms with E-state index >= 15 is 0 Å². The van der Waals surface area contributed by atoms with Crippen molar-refractivity contribution in [3.63, 3.8) is 0 Å². The van der Waals surface area contributed by atoms with Crippen molar-refractivity contribution in [3.05, 3.63) is 71.8 Å². The van der Waals surface area contributed by atoms with Crippen LogP contribution in [-0.2, 0) is 31.9 Å². The number of rotatable bonds is 10. The topological polar surface area (TPSA) is 93.1 Å². The maximum Gasteiger partial charge on any atom is 1.00 e. The van der Waals surface area contributed by atoms with Gasteiger partial charge in [0.1, 0.15) is 0 Å². The predicted molar refractivity (Wildman–Crippen MR) is 126 cm³/mol. The van der Waals surface area contributed by atoms with Crippen LogP contribution in [0.1, 0.15) is 26.4 Å². The molecule has 2 rings (SSSR count). The van der Waals surface area contributed by atoms with E-state index in [2.05, 4.69) is 0 Å². The number of esters is 2. The van der Waals surface area contributed by atoms with Crippen LogP contribution in [0.5, 0.6) is 0 Å². The van der Waals surface area contributed by atoms with Gasteiger partial charge < -0.3 is 21.1 Å².